The van der Waals surface area contributed by atoms with Gasteiger partial charge in [0.1, 0.15) is 35.5 Å². The number of anilines is 1. The van der Waals surface area contributed by atoms with Gasteiger partial charge < -0.3 is 25.5 Å². The van der Waals surface area contributed by atoms with Crippen molar-refractivity contribution in [2.45, 2.75) is 0 Å². The first-order valence-corrected chi connectivity index (χ1v) is 8.90. The van der Waals surface area contributed by atoms with Crippen LogP contribution in [-0.2, 0) is 0 Å². The van der Waals surface area contributed by atoms with E-state index in [9.17, 15) is 0 Å². The molecule has 7 nitrogen and oxygen atoms in total. The third-order valence-electron chi connectivity index (χ3n) is 4.51. The van der Waals surface area contributed by atoms with Crippen LogP contribution >= 0.6 is 0 Å². The monoisotopic (exact) mass is 375 g/mol. The number of nitrogen functional groups attached to an aromatic ring is 1. The van der Waals surface area contributed by atoms with Gasteiger partial charge in [0.25, 0.3) is 0 Å². The van der Waals surface area contributed by atoms with Crippen molar-refractivity contribution >= 4 is 16.9 Å². The van der Waals surface area contributed by atoms with E-state index in [1.54, 1.807) is 7.11 Å². The highest BCUT2D eigenvalue weighted by Gasteiger charge is 2.16. The normalized spacial score (nSPS) is 10.9. The number of nitrogens with two attached hydrogens (primary N) is 2. The average molecular weight is 375 g/mol. The van der Waals surface area contributed by atoms with E-state index in [2.05, 4.69) is 9.97 Å². The molecule has 0 fully saturated rings. The van der Waals surface area contributed by atoms with Gasteiger partial charge >= 0.3 is 0 Å². The lowest BCUT2D eigenvalue weighted by Crippen LogP contribution is -2.10. The van der Waals surface area contributed by atoms with Crippen LogP contribution in [0.3, 0.4) is 0 Å². The van der Waals surface area contributed by atoms with E-state index >= 15 is 0 Å². The molecule has 4 aromatic rings. The molecule has 0 aliphatic carbocycles. The van der Waals surface area contributed by atoms with Crippen LogP contribution in [0.15, 0.2) is 61.1 Å². The summed E-state index contributed by atoms with van der Waals surface area (Å²) in [4.78, 5) is 8.66. The molecule has 2 aromatic heterocycles. The van der Waals surface area contributed by atoms with Gasteiger partial charge in [-0.2, -0.15) is 0 Å². The molecule has 0 saturated carbocycles. The molecule has 28 heavy (non-hydrogen) atoms. The zero-order valence-electron chi connectivity index (χ0n) is 15.5. The highest BCUT2D eigenvalue weighted by molar-refractivity contribution is 5.98. The van der Waals surface area contributed by atoms with Crippen molar-refractivity contribution in [3.05, 3.63) is 61.1 Å². The maximum Gasteiger partial charge on any atom is 0.151 e. The van der Waals surface area contributed by atoms with Crippen molar-refractivity contribution in [2.24, 2.45) is 5.73 Å². The van der Waals surface area contributed by atoms with Gasteiger partial charge in [0.05, 0.1) is 7.11 Å². The molecule has 4 rings (SSSR count). The number of hydrogen-bond acceptors (Lipinski definition) is 6. The molecule has 142 valence electrons. The Balaban J connectivity index is 1.82. The van der Waals surface area contributed by atoms with E-state index in [0.717, 1.165) is 39.3 Å². The van der Waals surface area contributed by atoms with Gasteiger partial charge in [-0.05, 0) is 42.0 Å². The average Bonchev–Trinajstić information content (AvgIpc) is 3.14. The Morgan fingerprint density at radius 2 is 1.68 bits per heavy atom. The maximum absolute atomic E-state index is 6.19. The summed E-state index contributed by atoms with van der Waals surface area (Å²) in [5.74, 6) is 2.00. The number of benzene rings is 2. The molecule has 0 aliphatic rings. The summed E-state index contributed by atoms with van der Waals surface area (Å²) >= 11 is 0. The van der Waals surface area contributed by atoms with Gasteiger partial charge in [-0.1, -0.05) is 12.1 Å². The second kappa shape index (κ2) is 7.58. The molecule has 0 atom stereocenters. The zero-order valence-corrected chi connectivity index (χ0v) is 15.5. The molecule has 7 heteroatoms. The summed E-state index contributed by atoms with van der Waals surface area (Å²) in [6.07, 6.45) is 3.51. The van der Waals surface area contributed by atoms with Crippen molar-refractivity contribution in [1.82, 2.24) is 14.5 Å². The number of fused-ring (bicyclic) bond motifs is 1. The molecular formula is C21H21N5O2. The van der Waals surface area contributed by atoms with Gasteiger partial charge in [-0.15, -0.1) is 0 Å². The molecule has 4 N–H and O–H groups in total. The number of hydrogen-bond donors (Lipinski definition) is 2. The summed E-state index contributed by atoms with van der Waals surface area (Å²) in [6.45, 7) is 0.965. The highest BCUT2D eigenvalue weighted by atomic mass is 16.5. The van der Waals surface area contributed by atoms with Gasteiger partial charge in [0.2, 0.25) is 0 Å². The Morgan fingerprint density at radius 1 is 0.964 bits per heavy atom. The Kier molecular flexibility index (Phi) is 4.82. The number of methoxy groups -OCH3 is 1. The number of nitrogens with zero attached hydrogens (tertiary/aromatic N) is 3. The molecular weight excluding hydrogens is 354 g/mol. The molecule has 0 unspecified atom stereocenters. The van der Waals surface area contributed by atoms with Crippen LogP contribution in [0, 0.1) is 0 Å². The van der Waals surface area contributed by atoms with Crippen molar-refractivity contribution in [3.63, 3.8) is 0 Å². The SMILES string of the molecule is COc1ccc(-n2cc(-c3ccc(OCCN)cc3)c3ncnc(N)c32)cc1. The minimum Gasteiger partial charge on any atom is -0.497 e. The Morgan fingerprint density at radius 3 is 2.36 bits per heavy atom. The summed E-state index contributed by atoms with van der Waals surface area (Å²) in [5.41, 5.74) is 16.2. The molecule has 0 radical (unpaired) electrons. The first-order chi connectivity index (χ1) is 13.7. The van der Waals surface area contributed by atoms with E-state index in [1.165, 1.54) is 6.33 Å². The zero-order chi connectivity index (χ0) is 19.5. The summed E-state index contributed by atoms with van der Waals surface area (Å²) < 4.78 is 12.8. The summed E-state index contributed by atoms with van der Waals surface area (Å²) in [7, 11) is 1.64. The molecule has 0 saturated heterocycles. The first kappa shape index (κ1) is 17.8. The minimum absolute atomic E-state index is 0.426. The molecule has 0 spiro atoms. The van der Waals surface area contributed by atoms with Crippen molar-refractivity contribution < 1.29 is 9.47 Å². The van der Waals surface area contributed by atoms with E-state index in [4.69, 9.17) is 20.9 Å². The van der Waals surface area contributed by atoms with E-state index in [1.807, 2.05) is 59.3 Å². The number of ether oxygens (including phenoxy) is 2. The van der Waals surface area contributed by atoms with E-state index in [0.29, 0.717) is 19.0 Å². The Bertz CT molecular complexity index is 1090. The van der Waals surface area contributed by atoms with Crippen LogP contribution in [-0.4, -0.2) is 34.8 Å². The number of aromatic nitrogens is 3. The van der Waals surface area contributed by atoms with Crippen LogP contribution < -0.4 is 20.9 Å². The first-order valence-electron chi connectivity index (χ1n) is 8.90. The number of rotatable bonds is 6. The fraction of sp³-hybridized carbons (Fsp3) is 0.143. The smallest absolute Gasteiger partial charge is 0.151 e. The largest absolute Gasteiger partial charge is 0.497 e. The predicted molar refractivity (Wildman–Crippen MR) is 110 cm³/mol. The second-order valence-electron chi connectivity index (χ2n) is 6.23. The maximum atomic E-state index is 6.19. The lowest BCUT2D eigenvalue weighted by Gasteiger charge is -2.07. The van der Waals surface area contributed by atoms with Crippen LogP contribution in [0.25, 0.3) is 27.8 Å². The molecule has 0 amide bonds. The van der Waals surface area contributed by atoms with Gasteiger partial charge in [-0.3, -0.25) is 0 Å². The predicted octanol–water partition coefficient (Wildman–Crippen LogP) is 3.02. The fourth-order valence-corrected chi connectivity index (χ4v) is 3.15. The van der Waals surface area contributed by atoms with Crippen molar-refractivity contribution in [1.29, 1.82) is 0 Å². The molecule has 2 heterocycles. The lowest BCUT2D eigenvalue weighted by molar-refractivity contribution is 0.328. The summed E-state index contributed by atoms with van der Waals surface area (Å²) in [6, 6.07) is 15.6. The van der Waals surface area contributed by atoms with Crippen LogP contribution in [0.1, 0.15) is 0 Å². The van der Waals surface area contributed by atoms with E-state index < -0.39 is 0 Å². The van der Waals surface area contributed by atoms with Gasteiger partial charge in [-0.25, -0.2) is 9.97 Å². The van der Waals surface area contributed by atoms with Crippen LogP contribution in [0.4, 0.5) is 5.82 Å². The van der Waals surface area contributed by atoms with Crippen LogP contribution in [0.2, 0.25) is 0 Å². The quantitative estimate of drug-likeness (QED) is 0.537. The summed E-state index contributed by atoms with van der Waals surface area (Å²) in [5, 5.41) is 0. The Labute approximate surface area is 162 Å². The third-order valence-corrected chi connectivity index (χ3v) is 4.51. The molecule has 0 bridgehead atoms. The molecule has 0 aliphatic heterocycles. The minimum atomic E-state index is 0.426. The second-order valence-corrected chi connectivity index (χ2v) is 6.23. The highest BCUT2D eigenvalue weighted by Crippen LogP contribution is 2.34. The fourth-order valence-electron chi connectivity index (χ4n) is 3.15. The standard InChI is InChI=1S/C21H21N5O2/c1-27-16-8-4-15(5-9-16)26-12-18(19-20(26)21(23)25-13-24-19)14-2-6-17(7-3-14)28-11-10-22/h2-9,12-13H,10-11,22H2,1H3,(H2,23,24,25). The van der Waals surface area contributed by atoms with E-state index in [-0.39, 0.29) is 0 Å². The van der Waals surface area contributed by atoms with Crippen molar-refractivity contribution in [3.8, 4) is 28.3 Å². The van der Waals surface area contributed by atoms with Crippen molar-refractivity contribution in [2.75, 3.05) is 26.0 Å². The van der Waals surface area contributed by atoms with Gasteiger partial charge in [0.15, 0.2) is 5.82 Å². The lowest BCUT2D eigenvalue weighted by atomic mass is 10.1. The Hall–Kier alpha value is -3.58. The topological polar surface area (TPSA) is 101 Å². The molecule has 2 aromatic carbocycles. The van der Waals surface area contributed by atoms with Crippen LogP contribution in [0.5, 0.6) is 11.5 Å². The van der Waals surface area contributed by atoms with Gasteiger partial charge in [0, 0.05) is 24.0 Å². The third kappa shape index (κ3) is 3.23.